The van der Waals surface area contributed by atoms with Gasteiger partial charge in [-0.3, -0.25) is 0 Å². The van der Waals surface area contributed by atoms with Crippen molar-refractivity contribution >= 4 is 17.4 Å². The smallest absolute Gasteiger partial charge is 0.315 e. The van der Waals surface area contributed by atoms with E-state index in [1.807, 2.05) is 5.38 Å². The maximum Gasteiger partial charge on any atom is 0.315 e. The van der Waals surface area contributed by atoms with Gasteiger partial charge in [-0.05, 0) is 49.1 Å². The topological polar surface area (TPSA) is 61.4 Å². The molecule has 2 atom stereocenters. The van der Waals surface area contributed by atoms with Crippen molar-refractivity contribution < 1.29 is 9.90 Å². The molecule has 1 aromatic heterocycles. The van der Waals surface area contributed by atoms with Crippen molar-refractivity contribution in [2.45, 2.75) is 45.3 Å². The third-order valence-corrected chi connectivity index (χ3v) is 4.71. The van der Waals surface area contributed by atoms with E-state index in [9.17, 15) is 9.90 Å². The summed E-state index contributed by atoms with van der Waals surface area (Å²) in [6, 6.07) is 1.94. The van der Waals surface area contributed by atoms with Crippen LogP contribution >= 0.6 is 11.3 Å². The predicted octanol–water partition coefficient (Wildman–Crippen LogP) is 2.41. The Labute approximate surface area is 118 Å². The molecule has 4 nitrogen and oxygen atoms in total. The molecule has 0 radical (unpaired) electrons. The highest BCUT2D eigenvalue weighted by Crippen LogP contribution is 2.23. The van der Waals surface area contributed by atoms with Crippen LogP contribution < -0.4 is 10.6 Å². The molecule has 3 N–H and O–H groups in total. The molecule has 1 aliphatic rings. The second-order valence-electron chi connectivity index (χ2n) is 5.28. The molecule has 2 rings (SSSR count). The van der Waals surface area contributed by atoms with Crippen LogP contribution in [0.25, 0.3) is 0 Å². The Balaban J connectivity index is 1.66. The minimum atomic E-state index is -0.183. The van der Waals surface area contributed by atoms with Gasteiger partial charge in [0.2, 0.25) is 0 Å². The van der Waals surface area contributed by atoms with Gasteiger partial charge in [0.05, 0.1) is 12.6 Å². The third-order valence-electron chi connectivity index (χ3n) is 3.68. The van der Waals surface area contributed by atoms with Crippen LogP contribution in [0.2, 0.25) is 0 Å². The number of rotatable bonds is 4. The van der Waals surface area contributed by atoms with Crippen molar-refractivity contribution in [3.8, 4) is 0 Å². The third kappa shape index (κ3) is 4.51. The van der Waals surface area contributed by atoms with Crippen molar-refractivity contribution in [1.82, 2.24) is 10.6 Å². The Hall–Kier alpha value is -1.07. The van der Waals surface area contributed by atoms with E-state index < -0.39 is 0 Å². The van der Waals surface area contributed by atoms with E-state index in [1.165, 1.54) is 10.4 Å². The van der Waals surface area contributed by atoms with Crippen LogP contribution in [0.3, 0.4) is 0 Å². The van der Waals surface area contributed by atoms with Gasteiger partial charge in [-0.25, -0.2) is 4.79 Å². The molecule has 0 spiro atoms. The highest BCUT2D eigenvalue weighted by Gasteiger charge is 2.20. The average molecular weight is 282 g/mol. The fourth-order valence-electron chi connectivity index (χ4n) is 2.49. The van der Waals surface area contributed by atoms with Crippen molar-refractivity contribution in [1.29, 1.82) is 0 Å². The molecule has 0 bridgehead atoms. The lowest BCUT2D eigenvalue weighted by atomic mass is 9.87. The van der Waals surface area contributed by atoms with Crippen LogP contribution in [-0.2, 0) is 6.54 Å². The van der Waals surface area contributed by atoms with Gasteiger partial charge < -0.3 is 15.7 Å². The lowest BCUT2D eigenvalue weighted by Crippen LogP contribution is -2.39. The molecule has 106 valence electrons. The zero-order valence-electron chi connectivity index (χ0n) is 11.3. The summed E-state index contributed by atoms with van der Waals surface area (Å²) in [5.74, 6) is 0.415. The van der Waals surface area contributed by atoms with Gasteiger partial charge in [0.1, 0.15) is 0 Å². The van der Waals surface area contributed by atoms with Gasteiger partial charge >= 0.3 is 6.03 Å². The first kappa shape index (κ1) is 14.3. The summed E-state index contributed by atoms with van der Waals surface area (Å²) >= 11 is 1.66. The number of amides is 2. The molecule has 1 aliphatic carbocycles. The second-order valence-corrected chi connectivity index (χ2v) is 6.28. The number of hydrogen-bond acceptors (Lipinski definition) is 3. The molecular formula is C14H22N2O2S. The molecule has 1 aromatic rings. The molecule has 2 amide bonds. The summed E-state index contributed by atoms with van der Waals surface area (Å²) < 4.78 is 0. The zero-order chi connectivity index (χ0) is 13.7. The quantitative estimate of drug-likeness (QED) is 0.794. The molecule has 2 unspecified atom stereocenters. The van der Waals surface area contributed by atoms with E-state index in [0.717, 1.165) is 25.7 Å². The molecule has 5 heteroatoms. The lowest BCUT2D eigenvalue weighted by molar-refractivity contribution is 0.101. The molecule has 0 saturated heterocycles. The number of nitrogens with one attached hydrogen (secondary N) is 2. The largest absolute Gasteiger partial charge is 0.393 e. The summed E-state index contributed by atoms with van der Waals surface area (Å²) in [5, 5.41) is 17.4. The molecule has 0 aromatic carbocycles. The normalized spacial score (nSPS) is 23.1. The van der Waals surface area contributed by atoms with Crippen molar-refractivity contribution in [3.63, 3.8) is 0 Å². The maximum atomic E-state index is 11.7. The highest BCUT2D eigenvalue weighted by molar-refractivity contribution is 7.10. The maximum absolute atomic E-state index is 11.7. The van der Waals surface area contributed by atoms with E-state index in [1.54, 1.807) is 11.3 Å². The van der Waals surface area contributed by atoms with Crippen molar-refractivity contribution in [3.05, 3.63) is 21.9 Å². The highest BCUT2D eigenvalue weighted by atomic mass is 32.1. The monoisotopic (exact) mass is 282 g/mol. The van der Waals surface area contributed by atoms with Gasteiger partial charge in [0, 0.05) is 11.4 Å². The van der Waals surface area contributed by atoms with Crippen LogP contribution in [0.15, 0.2) is 11.4 Å². The van der Waals surface area contributed by atoms with E-state index in [2.05, 4.69) is 23.6 Å². The Morgan fingerprint density at radius 3 is 3.00 bits per heavy atom. The molecule has 1 heterocycles. The number of carbonyl (C=O) groups is 1. The number of thiophene rings is 1. The van der Waals surface area contributed by atoms with E-state index in [4.69, 9.17) is 0 Å². The number of aryl methyl sites for hydroxylation is 1. The van der Waals surface area contributed by atoms with E-state index in [-0.39, 0.29) is 12.1 Å². The SMILES string of the molecule is Cc1ccsc1CNC(=O)NCC1CCCC(O)C1. The van der Waals surface area contributed by atoms with Gasteiger partial charge in [0.15, 0.2) is 0 Å². The molecule has 1 fully saturated rings. The minimum absolute atomic E-state index is 0.118. The number of carbonyl (C=O) groups excluding carboxylic acids is 1. The Morgan fingerprint density at radius 1 is 1.47 bits per heavy atom. The number of aliphatic hydroxyl groups is 1. The summed E-state index contributed by atoms with van der Waals surface area (Å²) in [7, 11) is 0. The average Bonchev–Trinajstić information content (AvgIpc) is 2.80. The van der Waals surface area contributed by atoms with Crippen LogP contribution in [0.4, 0.5) is 4.79 Å². The summed E-state index contributed by atoms with van der Waals surface area (Å²) in [4.78, 5) is 12.9. The first-order chi connectivity index (χ1) is 9.15. The Kier molecular flexibility index (Phi) is 5.22. The van der Waals surface area contributed by atoms with Gasteiger partial charge in [-0.15, -0.1) is 11.3 Å². The minimum Gasteiger partial charge on any atom is -0.393 e. The van der Waals surface area contributed by atoms with Gasteiger partial charge in [0.25, 0.3) is 0 Å². The molecule has 0 aliphatic heterocycles. The van der Waals surface area contributed by atoms with Crippen LogP contribution in [0, 0.1) is 12.8 Å². The lowest BCUT2D eigenvalue weighted by Gasteiger charge is -2.25. The van der Waals surface area contributed by atoms with Crippen molar-refractivity contribution in [2.24, 2.45) is 5.92 Å². The van der Waals surface area contributed by atoms with Gasteiger partial charge in [-0.2, -0.15) is 0 Å². The summed E-state index contributed by atoms with van der Waals surface area (Å²) in [6.45, 7) is 3.30. The molecule has 19 heavy (non-hydrogen) atoms. The molecular weight excluding hydrogens is 260 g/mol. The number of hydrogen-bond donors (Lipinski definition) is 3. The van der Waals surface area contributed by atoms with E-state index >= 15 is 0 Å². The van der Waals surface area contributed by atoms with Crippen LogP contribution in [0.1, 0.15) is 36.1 Å². The van der Waals surface area contributed by atoms with Crippen molar-refractivity contribution in [2.75, 3.05) is 6.54 Å². The molecule has 1 saturated carbocycles. The van der Waals surface area contributed by atoms with E-state index in [0.29, 0.717) is 19.0 Å². The first-order valence-electron chi connectivity index (χ1n) is 6.88. The summed E-state index contributed by atoms with van der Waals surface area (Å²) in [6.07, 6.45) is 3.69. The second kappa shape index (κ2) is 6.91. The van der Waals surface area contributed by atoms with Gasteiger partial charge in [-0.1, -0.05) is 6.42 Å². The van der Waals surface area contributed by atoms with Crippen LogP contribution in [0.5, 0.6) is 0 Å². The summed E-state index contributed by atoms with van der Waals surface area (Å²) in [5.41, 5.74) is 1.22. The zero-order valence-corrected chi connectivity index (χ0v) is 12.1. The predicted molar refractivity (Wildman–Crippen MR) is 77.3 cm³/mol. The van der Waals surface area contributed by atoms with Crippen LogP contribution in [-0.4, -0.2) is 23.8 Å². The fourth-order valence-corrected chi connectivity index (χ4v) is 3.34. The fraction of sp³-hybridized carbons (Fsp3) is 0.643. The Morgan fingerprint density at radius 2 is 2.32 bits per heavy atom. The number of aliphatic hydroxyl groups excluding tert-OH is 1. The number of urea groups is 1. The standard InChI is InChI=1S/C14H22N2O2S/c1-10-5-6-19-13(10)9-16-14(18)15-8-11-3-2-4-12(17)7-11/h5-6,11-12,17H,2-4,7-9H2,1H3,(H2,15,16,18). The Bertz CT molecular complexity index is 419. The first-order valence-corrected chi connectivity index (χ1v) is 7.76.